The van der Waals surface area contributed by atoms with E-state index in [1.165, 1.54) is 0 Å². The molecule has 0 aliphatic carbocycles. The molecule has 0 radical (unpaired) electrons. The van der Waals surface area contributed by atoms with E-state index < -0.39 is 8.60 Å². The molecule has 0 heterocycles. The molecule has 0 aliphatic rings. The largest absolute Gasteiger partial charge is 0.545 e. The van der Waals surface area contributed by atoms with Crippen molar-refractivity contribution in [2.45, 2.75) is 20.8 Å². The summed E-state index contributed by atoms with van der Waals surface area (Å²) in [7, 11) is -1.40. The van der Waals surface area contributed by atoms with E-state index in [9.17, 15) is 0 Å². The first-order chi connectivity index (χ1) is 5.85. The molecule has 0 N–H and O–H groups in total. The first kappa shape index (κ1) is 19.3. The van der Waals surface area contributed by atoms with Gasteiger partial charge in [0.25, 0.3) is 0 Å². The monoisotopic (exact) mass is 294 g/mol. The van der Waals surface area contributed by atoms with Crippen molar-refractivity contribution in [3.63, 3.8) is 0 Å². The maximum absolute atomic E-state index is 7.75. The first-order valence-electron chi connectivity index (χ1n) is 3.84. The van der Waals surface area contributed by atoms with Crippen molar-refractivity contribution in [1.29, 1.82) is 0 Å². The van der Waals surface area contributed by atoms with Gasteiger partial charge in [0, 0.05) is 21.1 Å². The minimum atomic E-state index is -1.40. The van der Waals surface area contributed by atoms with E-state index in [0.29, 0.717) is 19.8 Å². The topological polar surface area (TPSA) is 44.8 Å². The van der Waals surface area contributed by atoms with Crippen molar-refractivity contribution in [2.75, 3.05) is 19.8 Å². The van der Waals surface area contributed by atoms with Gasteiger partial charge in [-0.05, 0) is 20.8 Å². The summed E-state index contributed by atoms with van der Waals surface area (Å²) >= 11 is 0. The van der Waals surface area contributed by atoms with Gasteiger partial charge in [-0.25, -0.2) is 0 Å². The Kier molecular flexibility index (Phi) is 27.4. The Labute approximate surface area is 95.6 Å². The summed E-state index contributed by atoms with van der Waals surface area (Å²) in [5.74, 6) is 0. The molecule has 6 heteroatoms. The maximum atomic E-state index is 7.75. The van der Waals surface area contributed by atoms with E-state index >= 15 is 0 Å². The molecule has 13 heavy (non-hydrogen) atoms. The molecule has 0 aromatic rings. The van der Waals surface area contributed by atoms with Crippen LogP contribution in [0.1, 0.15) is 20.8 Å². The van der Waals surface area contributed by atoms with E-state index in [2.05, 4.69) is 6.79 Å². The van der Waals surface area contributed by atoms with Crippen LogP contribution >= 0.6 is 8.60 Å². The van der Waals surface area contributed by atoms with Crippen LogP contribution in [-0.2, 0) is 39.4 Å². The SMILES string of the molecule is CCO[PH+](OCC)OCC.[CH-]=O.[Mo]. The van der Waals surface area contributed by atoms with Crippen molar-refractivity contribution in [1.82, 2.24) is 0 Å². The van der Waals surface area contributed by atoms with Gasteiger partial charge in [0.05, 0.1) is 19.8 Å². The molecule has 0 rings (SSSR count). The van der Waals surface area contributed by atoms with Crippen LogP contribution in [0.2, 0.25) is 0 Å². The molecule has 80 valence electrons. The molecule has 0 fully saturated rings. The van der Waals surface area contributed by atoms with E-state index in [4.69, 9.17) is 18.4 Å². The molecule has 0 amide bonds. The molecule has 0 aromatic heterocycles. The predicted octanol–water partition coefficient (Wildman–Crippen LogP) is 1.78. The van der Waals surface area contributed by atoms with Crippen LogP contribution in [0.5, 0.6) is 0 Å². The molecular formula is C7H17MoO4P. The molecule has 0 unspecified atom stereocenters. The first-order valence-corrected chi connectivity index (χ1v) is 5.06. The molecule has 0 saturated heterocycles. The van der Waals surface area contributed by atoms with Gasteiger partial charge in [-0.3, -0.25) is 6.79 Å². The molecule has 4 nitrogen and oxygen atoms in total. The minimum absolute atomic E-state index is 0. The van der Waals surface area contributed by atoms with Gasteiger partial charge in [-0.1, -0.05) is 0 Å². The average Bonchev–Trinajstić information content (AvgIpc) is 2.10. The third kappa shape index (κ3) is 15.4. The zero-order chi connectivity index (χ0) is 9.82. The van der Waals surface area contributed by atoms with Gasteiger partial charge in [-0.15, -0.1) is 0 Å². The zero-order valence-corrected chi connectivity index (χ0v) is 11.2. The van der Waals surface area contributed by atoms with Crippen LogP contribution in [-0.4, -0.2) is 26.6 Å². The van der Waals surface area contributed by atoms with Gasteiger partial charge in [-0.2, -0.15) is 13.6 Å². The maximum Gasteiger partial charge on any atom is 0.397 e. The van der Waals surface area contributed by atoms with Crippen LogP contribution in [0, 0.1) is 0 Å². The molecule has 0 aliphatic heterocycles. The summed E-state index contributed by atoms with van der Waals surface area (Å²) in [5.41, 5.74) is 0. The minimum Gasteiger partial charge on any atom is -0.545 e. The summed E-state index contributed by atoms with van der Waals surface area (Å²) in [5, 5.41) is 0. The summed E-state index contributed by atoms with van der Waals surface area (Å²) in [6, 6.07) is 0. The molecule has 0 saturated carbocycles. The Balaban J connectivity index is -0.000000309. The van der Waals surface area contributed by atoms with E-state index in [1.807, 2.05) is 20.8 Å². The fourth-order valence-electron chi connectivity index (χ4n) is 0.479. The number of hydrogen-bond acceptors (Lipinski definition) is 4. The third-order valence-corrected chi connectivity index (χ3v) is 2.36. The van der Waals surface area contributed by atoms with Crippen molar-refractivity contribution in [3.8, 4) is 0 Å². The van der Waals surface area contributed by atoms with Crippen molar-refractivity contribution in [3.05, 3.63) is 0 Å². The van der Waals surface area contributed by atoms with E-state index in [-0.39, 0.29) is 21.1 Å². The molecule has 0 aromatic carbocycles. The van der Waals surface area contributed by atoms with Crippen LogP contribution in [0.4, 0.5) is 0 Å². The zero-order valence-electron chi connectivity index (χ0n) is 8.24. The van der Waals surface area contributed by atoms with E-state index in [0.717, 1.165) is 0 Å². The van der Waals surface area contributed by atoms with Gasteiger partial charge in [0.1, 0.15) is 0 Å². The second-order valence-corrected chi connectivity index (χ2v) is 2.92. The average molecular weight is 292 g/mol. The smallest absolute Gasteiger partial charge is 0.397 e. The fourth-order valence-corrected chi connectivity index (χ4v) is 1.44. The van der Waals surface area contributed by atoms with Crippen LogP contribution in [0.15, 0.2) is 0 Å². The molecule has 0 atom stereocenters. The quantitative estimate of drug-likeness (QED) is 0.324. The van der Waals surface area contributed by atoms with Gasteiger partial charge < -0.3 is 4.79 Å². The van der Waals surface area contributed by atoms with Gasteiger partial charge >= 0.3 is 8.60 Å². The molecular weight excluding hydrogens is 275 g/mol. The number of hydrogen-bond donors (Lipinski definition) is 0. The Bertz CT molecular complexity index is 72.6. The Morgan fingerprint density at radius 1 is 0.923 bits per heavy atom. The normalized spacial score (nSPS) is 8.62. The number of carbonyl (C=O) groups excluding carboxylic acids is 1. The number of rotatable bonds is 6. The third-order valence-electron chi connectivity index (χ3n) is 0.787. The Morgan fingerprint density at radius 3 is 1.31 bits per heavy atom. The molecule has 0 bridgehead atoms. The second kappa shape index (κ2) is 18.5. The predicted molar refractivity (Wildman–Crippen MR) is 49.9 cm³/mol. The van der Waals surface area contributed by atoms with Crippen molar-refractivity contribution in [2.24, 2.45) is 0 Å². The van der Waals surface area contributed by atoms with Crippen LogP contribution < -0.4 is 0 Å². The Morgan fingerprint density at radius 2 is 1.15 bits per heavy atom. The summed E-state index contributed by atoms with van der Waals surface area (Å²) < 4.78 is 15.5. The van der Waals surface area contributed by atoms with Crippen molar-refractivity contribution < 1.29 is 39.4 Å². The van der Waals surface area contributed by atoms with Gasteiger partial charge in [0.15, 0.2) is 0 Å². The second-order valence-electron chi connectivity index (χ2n) is 1.55. The Hall–Kier alpha value is 0.668. The summed E-state index contributed by atoms with van der Waals surface area (Å²) in [4.78, 5) is 7.75. The summed E-state index contributed by atoms with van der Waals surface area (Å²) in [6.45, 7) is 11.0. The van der Waals surface area contributed by atoms with Crippen LogP contribution in [0.3, 0.4) is 0 Å². The standard InChI is InChI=1S/C6H16O3P.CHO.Mo/c1-4-7-10(8-5-2)9-6-3;1-2;/h10H,4-6H2,1-3H3;1H;/q+1;-1;. The summed E-state index contributed by atoms with van der Waals surface area (Å²) in [6.07, 6.45) is 0. The van der Waals surface area contributed by atoms with Gasteiger partial charge in [0.2, 0.25) is 0 Å². The van der Waals surface area contributed by atoms with Crippen molar-refractivity contribution >= 4 is 15.4 Å². The van der Waals surface area contributed by atoms with Crippen LogP contribution in [0.25, 0.3) is 0 Å². The van der Waals surface area contributed by atoms with E-state index in [1.54, 1.807) is 0 Å². The fraction of sp³-hybridized carbons (Fsp3) is 0.857. The molecule has 0 spiro atoms.